The summed E-state index contributed by atoms with van der Waals surface area (Å²) in [5, 5.41) is 5.34. The van der Waals surface area contributed by atoms with Gasteiger partial charge in [-0.15, -0.1) is 0 Å². The summed E-state index contributed by atoms with van der Waals surface area (Å²) in [7, 11) is 0. The minimum absolute atomic E-state index is 0.00778. The highest BCUT2D eigenvalue weighted by Crippen LogP contribution is 2.31. The van der Waals surface area contributed by atoms with E-state index < -0.39 is 17.5 Å². The van der Waals surface area contributed by atoms with Gasteiger partial charge in [0, 0.05) is 35.0 Å². The maximum absolute atomic E-state index is 14.2. The van der Waals surface area contributed by atoms with Crippen molar-refractivity contribution in [3.63, 3.8) is 0 Å². The van der Waals surface area contributed by atoms with E-state index in [0.717, 1.165) is 18.9 Å². The number of carbonyl (C=O) groups excluding carboxylic acids is 2. The first-order chi connectivity index (χ1) is 14.0. The van der Waals surface area contributed by atoms with Crippen LogP contribution in [0, 0.1) is 17.6 Å². The summed E-state index contributed by atoms with van der Waals surface area (Å²) in [4.78, 5) is 32.6. The smallest absolute Gasteiger partial charge is 0.255 e. The lowest BCUT2D eigenvalue weighted by Crippen LogP contribution is -2.16. The number of benzene rings is 1. The fourth-order valence-corrected chi connectivity index (χ4v) is 2.85. The van der Waals surface area contributed by atoms with Crippen molar-refractivity contribution in [3.8, 4) is 11.1 Å². The van der Waals surface area contributed by atoms with Crippen LogP contribution in [0.4, 0.5) is 20.3 Å². The third-order valence-corrected chi connectivity index (χ3v) is 4.53. The molecule has 0 aliphatic heterocycles. The molecule has 2 amide bonds. The van der Waals surface area contributed by atoms with Crippen LogP contribution in [0.25, 0.3) is 11.1 Å². The van der Waals surface area contributed by atoms with E-state index in [1.54, 1.807) is 0 Å². The van der Waals surface area contributed by atoms with Crippen molar-refractivity contribution in [2.24, 2.45) is 5.92 Å². The van der Waals surface area contributed by atoms with E-state index in [1.165, 1.54) is 48.9 Å². The molecule has 6 nitrogen and oxygen atoms in total. The van der Waals surface area contributed by atoms with Crippen LogP contribution in [0.2, 0.25) is 0 Å². The molecule has 0 bridgehead atoms. The second kappa shape index (κ2) is 7.75. The molecule has 0 atom stereocenters. The second-order valence-electron chi connectivity index (χ2n) is 6.67. The molecule has 0 saturated heterocycles. The molecule has 1 aliphatic carbocycles. The molecule has 1 saturated carbocycles. The Morgan fingerprint density at radius 3 is 2.62 bits per heavy atom. The van der Waals surface area contributed by atoms with Crippen LogP contribution >= 0.6 is 0 Å². The van der Waals surface area contributed by atoms with Gasteiger partial charge in [-0.3, -0.25) is 14.6 Å². The summed E-state index contributed by atoms with van der Waals surface area (Å²) in [6, 6.07) is 8.25. The van der Waals surface area contributed by atoms with Gasteiger partial charge in [0.25, 0.3) is 5.91 Å². The molecule has 8 heteroatoms. The van der Waals surface area contributed by atoms with E-state index in [1.807, 2.05) is 0 Å². The summed E-state index contributed by atoms with van der Waals surface area (Å²) < 4.78 is 27.8. The number of carbonyl (C=O) groups is 2. The van der Waals surface area contributed by atoms with Crippen molar-refractivity contribution in [1.82, 2.24) is 9.97 Å². The highest BCUT2D eigenvalue weighted by molar-refractivity contribution is 6.07. The lowest BCUT2D eigenvalue weighted by Gasteiger charge is -2.12. The minimum atomic E-state index is -1.01. The maximum atomic E-state index is 14.2. The SMILES string of the molecule is O=C(Nc1cnccc1-c1cccc(F)c1F)c1ccnc(NC(=O)C2CC2)c1. The number of nitrogens with one attached hydrogen (secondary N) is 2. The van der Waals surface area contributed by atoms with Gasteiger partial charge in [0.1, 0.15) is 5.82 Å². The number of rotatable bonds is 5. The van der Waals surface area contributed by atoms with Gasteiger partial charge in [-0.1, -0.05) is 12.1 Å². The van der Waals surface area contributed by atoms with Crippen LogP contribution < -0.4 is 10.6 Å². The summed E-state index contributed by atoms with van der Waals surface area (Å²) in [5.74, 6) is -2.33. The summed E-state index contributed by atoms with van der Waals surface area (Å²) >= 11 is 0. The van der Waals surface area contributed by atoms with Gasteiger partial charge in [-0.05, 0) is 37.1 Å². The van der Waals surface area contributed by atoms with E-state index in [-0.39, 0.29) is 34.5 Å². The zero-order chi connectivity index (χ0) is 20.4. The molecule has 4 rings (SSSR count). The Labute approximate surface area is 165 Å². The first kappa shape index (κ1) is 18.7. The lowest BCUT2D eigenvalue weighted by molar-refractivity contribution is -0.117. The average Bonchev–Trinajstić information content (AvgIpc) is 3.56. The number of halogens is 2. The topological polar surface area (TPSA) is 84.0 Å². The van der Waals surface area contributed by atoms with Crippen molar-refractivity contribution in [2.45, 2.75) is 12.8 Å². The largest absolute Gasteiger partial charge is 0.320 e. The Hall–Kier alpha value is -3.68. The fraction of sp³-hybridized carbons (Fsp3) is 0.143. The Morgan fingerprint density at radius 2 is 1.83 bits per heavy atom. The molecule has 0 spiro atoms. The third-order valence-electron chi connectivity index (χ3n) is 4.53. The van der Waals surface area contributed by atoms with Crippen molar-refractivity contribution >= 4 is 23.3 Å². The Balaban J connectivity index is 1.58. The fourth-order valence-electron chi connectivity index (χ4n) is 2.85. The van der Waals surface area contributed by atoms with Crippen LogP contribution in [0.3, 0.4) is 0 Å². The van der Waals surface area contributed by atoms with Gasteiger partial charge in [0.2, 0.25) is 5.91 Å². The van der Waals surface area contributed by atoms with Gasteiger partial charge in [0.05, 0.1) is 11.9 Å². The van der Waals surface area contributed by atoms with E-state index in [0.29, 0.717) is 5.56 Å². The quantitative estimate of drug-likeness (QED) is 0.685. The van der Waals surface area contributed by atoms with Crippen LogP contribution in [-0.4, -0.2) is 21.8 Å². The molecular weight excluding hydrogens is 378 g/mol. The van der Waals surface area contributed by atoms with Gasteiger partial charge in [0.15, 0.2) is 11.6 Å². The van der Waals surface area contributed by atoms with Crippen LogP contribution in [-0.2, 0) is 4.79 Å². The van der Waals surface area contributed by atoms with Crippen LogP contribution in [0.1, 0.15) is 23.2 Å². The van der Waals surface area contributed by atoms with Crippen LogP contribution in [0.5, 0.6) is 0 Å². The van der Waals surface area contributed by atoms with Crippen molar-refractivity contribution in [3.05, 3.63) is 72.2 Å². The van der Waals surface area contributed by atoms with Crippen molar-refractivity contribution in [1.29, 1.82) is 0 Å². The maximum Gasteiger partial charge on any atom is 0.255 e. The number of anilines is 2. The predicted molar refractivity (Wildman–Crippen MR) is 103 cm³/mol. The number of aromatic nitrogens is 2. The first-order valence-corrected chi connectivity index (χ1v) is 8.99. The molecule has 3 aromatic rings. The molecule has 2 heterocycles. The molecule has 1 aliphatic rings. The number of amides is 2. The molecular formula is C21H16F2N4O2. The third kappa shape index (κ3) is 4.11. The zero-order valence-corrected chi connectivity index (χ0v) is 15.2. The average molecular weight is 394 g/mol. The van der Waals surface area contributed by atoms with E-state index in [2.05, 4.69) is 20.6 Å². The van der Waals surface area contributed by atoms with Crippen LogP contribution in [0.15, 0.2) is 55.0 Å². The molecule has 0 radical (unpaired) electrons. The van der Waals surface area contributed by atoms with Gasteiger partial charge < -0.3 is 10.6 Å². The van der Waals surface area contributed by atoms with Crippen molar-refractivity contribution in [2.75, 3.05) is 10.6 Å². The normalized spacial score (nSPS) is 13.0. The summed E-state index contributed by atoms with van der Waals surface area (Å²) in [5.41, 5.74) is 0.777. The second-order valence-corrected chi connectivity index (χ2v) is 6.67. The standard InChI is InChI=1S/C21H16F2N4O2/c22-16-3-1-2-15(19(16)23)14-7-8-24-11-17(14)26-21(29)13-6-9-25-18(10-13)27-20(28)12-4-5-12/h1-3,6-12H,4-5H2,(H,26,29)(H,25,27,28). The Kier molecular flexibility index (Phi) is 4.99. The van der Waals surface area contributed by atoms with E-state index in [4.69, 9.17) is 0 Å². The molecule has 1 aromatic carbocycles. The van der Waals surface area contributed by atoms with E-state index >= 15 is 0 Å². The Morgan fingerprint density at radius 1 is 1.00 bits per heavy atom. The number of hydrogen-bond acceptors (Lipinski definition) is 4. The monoisotopic (exact) mass is 394 g/mol. The first-order valence-electron chi connectivity index (χ1n) is 8.99. The molecule has 2 N–H and O–H groups in total. The van der Waals surface area contributed by atoms with E-state index in [9.17, 15) is 18.4 Å². The Bertz CT molecular complexity index is 1100. The van der Waals surface area contributed by atoms with Gasteiger partial charge >= 0.3 is 0 Å². The predicted octanol–water partition coefficient (Wildman–Crippen LogP) is 4.02. The molecule has 29 heavy (non-hydrogen) atoms. The highest BCUT2D eigenvalue weighted by atomic mass is 19.2. The van der Waals surface area contributed by atoms with Gasteiger partial charge in [-0.2, -0.15) is 0 Å². The van der Waals surface area contributed by atoms with Gasteiger partial charge in [-0.25, -0.2) is 13.8 Å². The number of hydrogen-bond donors (Lipinski definition) is 2. The number of nitrogens with zero attached hydrogens (tertiary/aromatic N) is 2. The lowest BCUT2D eigenvalue weighted by atomic mass is 10.0. The molecule has 2 aromatic heterocycles. The minimum Gasteiger partial charge on any atom is -0.320 e. The number of pyridine rings is 2. The molecule has 0 unspecified atom stereocenters. The summed E-state index contributed by atoms with van der Waals surface area (Å²) in [6.07, 6.45) is 5.90. The zero-order valence-electron chi connectivity index (χ0n) is 15.2. The highest BCUT2D eigenvalue weighted by Gasteiger charge is 2.29. The molecule has 146 valence electrons. The van der Waals surface area contributed by atoms with Crippen molar-refractivity contribution < 1.29 is 18.4 Å². The summed E-state index contributed by atoms with van der Waals surface area (Å²) in [6.45, 7) is 0. The molecule has 1 fully saturated rings.